The van der Waals surface area contributed by atoms with Crippen LogP contribution < -0.4 is 0 Å². The van der Waals surface area contributed by atoms with E-state index in [0.717, 1.165) is 67.3 Å². The molecule has 0 saturated carbocycles. The van der Waals surface area contributed by atoms with Gasteiger partial charge in [-0.1, -0.05) is 267 Å². The van der Waals surface area contributed by atoms with Gasteiger partial charge in [0, 0.05) is 24.9 Å². The van der Waals surface area contributed by atoms with Gasteiger partial charge in [0.05, 0.1) is 28.2 Å². The molecule has 0 saturated heterocycles. The van der Waals surface area contributed by atoms with Gasteiger partial charge in [-0.25, -0.2) is 0 Å². The van der Waals surface area contributed by atoms with Gasteiger partial charge in [-0.15, -0.1) is 0 Å². The minimum atomic E-state index is -0.796. The minimum absolute atomic E-state index is 0.796. The molecule has 0 spiro atoms. The summed E-state index contributed by atoms with van der Waals surface area (Å²) < 4.78 is 0. The Morgan fingerprint density at radius 1 is 0.173 bits per heavy atom. The molecule has 0 unspecified atom stereocenters. The number of nitrogens with zero attached hydrogens (tertiary/aromatic N) is 4. The molecule has 12 rings (SSSR count). The summed E-state index contributed by atoms with van der Waals surface area (Å²) in [5, 5.41) is 0. The SMILES string of the molecule is C(=Nc1ccc(C(c2ccc(N=Cc3ccc(-c4ccccc4)cc3)cc2)(c2ccc(N=Cc3ccc(-c4ccccc4)cc3)cc2)c2ccc(N=Cc3ccc(-c4ccccc4)cc3)cc2)cc1)c1ccc(-c2ccccc2)cc1. The average molecular weight is 1040 g/mol. The lowest BCUT2D eigenvalue weighted by Crippen LogP contribution is -2.30. The molecule has 0 fully saturated rings. The highest BCUT2D eigenvalue weighted by Gasteiger charge is 2.38. The van der Waals surface area contributed by atoms with E-state index in [1.807, 2.05) is 49.1 Å². The molecule has 4 heteroatoms. The number of benzene rings is 12. The van der Waals surface area contributed by atoms with Crippen molar-refractivity contribution in [3.8, 4) is 44.5 Å². The predicted molar refractivity (Wildman–Crippen MR) is 341 cm³/mol. The monoisotopic (exact) mass is 1040 g/mol. The van der Waals surface area contributed by atoms with Crippen LogP contribution in [0.25, 0.3) is 44.5 Å². The van der Waals surface area contributed by atoms with Gasteiger partial charge in [-0.3, -0.25) is 20.0 Å². The second-order valence-electron chi connectivity index (χ2n) is 19.9. The number of hydrogen-bond acceptors (Lipinski definition) is 4. The van der Waals surface area contributed by atoms with E-state index in [4.69, 9.17) is 20.0 Å². The van der Waals surface area contributed by atoms with E-state index >= 15 is 0 Å². The molecule has 0 radical (unpaired) electrons. The molecule has 12 aromatic rings. The minimum Gasteiger partial charge on any atom is -0.256 e. The van der Waals surface area contributed by atoms with Crippen LogP contribution in [0.5, 0.6) is 0 Å². The van der Waals surface area contributed by atoms with Crippen LogP contribution in [0.4, 0.5) is 22.7 Å². The van der Waals surface area contributed by atoms with Gasteiger partial charge in [-0.05, 0) is 138 Å². The maximum absolute atomic E-state index is 4.98. The third-order valence-corrected chi connectivity index (χ3v) is 14.7. The summed E-state index contributed by atoms with van der Waals surface area (Å²) in [6.07, 6.45) is 7.73. The fourth-order valence-electron chi connectivity index (χ4n) is 10.4. The molecule has 0 amide bonds. The van der Waals surface area contributed by atoms with Crippen LogP contribution in [-0.4, -0.2) is 24.9 Å². The Morgan fingerprint density at radius 3 is 0.531 bits per heavy atom. The first-order valence-electron chi connectivity index (χ1n) is 27.3. The Labute approximate surface area is 474 Å². The molecule has 12 aromatic carbocycles. The van der Waals surface area contributed by atoms with Crippen molar-refractivity contribution >= 4 is 47.6 Å². The molecule has 384 valence electrons. The van der Waals surface area contributed by atoms with Crippen LogP contribution in [0.1, 0.15) is 44.5 Å². The number of aliphatic imine (C=N–C) groups is 4. The highest BCUT2D eigenvalue weighted by Crippen LogP contribution is 2.47. The highest BCUT2D eigenvalue weighted by molar-refractivity contribution is 5.86. The van der Waals surface area contributed by atoms with Gasteiger partial charge < -0.3 is 0 Å². The molecule has 0 atom stereocenters. The van der Waals surface area contributed by atoms with Crippen molar-refractivity contribution in [3.63, 3.8) is 0 Å². The van der Waals surface area contributed by atoms with Crippen molar-refractivity contribution in [2.75, 3.05) is 0 Å². The quantitative estimate of drug-likeness (QED) is 0.0684. The van der Waals surface area contributed by atoms with E-state index in [2.05, 4.69) is 291 Å². The third kappa shape index (κ3) is 12.1. The molecule has 0 heterocycles. The van der Waals surface area contributed by atoms with Gasteiger partial charge in [0.2, 0.25) is 0 Å². The standard InChI is InChI=1S/C77H56N4/c1-5-13-61(14-6-1)65-29-21-57(22-30-65)53-78-73-45-37-69(38-46-73)77(70-39-47-74(48-40-70)79-54-58-23-31-66(32-24-58)62-15-7-2-8-16-62,71-41-49-75(50-42-71)80-55-59-25-33-67(34-26-59)63-17-9-3-10-18-63)72-43-51-76(52-44-72)81-56-60-27-35-68(36-28-60)64-19-11-4-12-20-64/h1-56H. The van der Waals surface area contributed by atoms with Crippen LogP contribution >= 0.6 is 0 Å². The van der Waals surface area contributed by atoms with Gasteiger partial charge in [0.1, 0.15) is 0 Å². The fraction of sp³-hybridized carbons (Fsp3) is 0.0130. The van der Waals surface area contributed by atoms with Gasteiger partial charge >= 0.3 is 0 Å². The van der Waals surface area contributed by atoms with Gasteiger partial charge in [-0.2, -0.15) is 0 Å². The van der Waals surface area contributed by atoms with Crippen LogP contribution in [-0.2, 0) is 5.41 Å². The number of hydrogen-bond donors (Lipinski definition) is 0. The van der Waals surface area contributed by atoms with Crippen LogP contribution in [0.3, 0.4) is 0 Å². The molecule has 0 bridgehead atoms. The van der Waals surface area contributed by atoms with E-state index < -0.39 is 5.41 Å². The van der Waals surface area contributed by atoms with Crippen molar-refractivity contribution in [2.45, 2.75) is 5.41 Å². The van der Waals surface area contributed by atoms with Crippen molar-refractivity contribution in [3.05, 3.63) is 360 Å². The van der Waals surface area contributed by atoms with Crippen molar-refractivity contribution in [1.82, 2.24) is 0 Å². The molecular weight excluding hydrogens is 981 g/mol. The Kier molecular flexibility index (Phi) is 15.3. The summed E-state index contributed by atoms with van der Waals surface area (Å²) >= 11 is 0. The Balaban J connectivity index is 0.906. The van der Waals surface area contributed by atoms with Crippen molar-refractivity contribution in [2.24, 2.45) is 20.0 Å². The Bertz CT molecular complexity index is 3530. The fourth-order valence-corrected chi connectivity index (χ4v) is 10.4. The van der Waals surface area contributed by atoms with Gasteiger partial charge in [0.15, 0.2) is 0 Å². The van der Waals surface area contributed by atoms with E-state index in [-0.39, 0.29) is 0 Å². The Hall–Kier alpha value is -10.7. The van der Waals surface area contributed by atoms with Gasteiger partial charge in [0.25, 0.3) is 0 Å². The zero-order valence-corrected chi connectivity index (χ0v) is 44.6. The van der Waals surface area contributed by atoms with E-state index in [1.54, 1.807) is 0 Å². The first-order chi connectivity index (χ1) is 40.1. The van der Waals surface area contributed by atoms with E-state index in [1.165, 1.54) is 44.5 Å². The average Bonchev–Trinajstić information content (AvgIpc) is 3.73. The second kappa shape index (κ2) is 24.3. The number of rotatable bonds is 16. The highest BCUT2D eigenvalue weighted by atomic mass is 14.7. The lowest BCUT2D eigenvalue weighted by molar-refractivity contribution is 0.745. The summed E-state index contributed by atoms with van der Waals surface area (Å²) in [5.41, 5.74) is 20.5. The summed E-state index contributed by atoms with van der Waals surface area (Å²) in [6, 6.07) is 110. The predicted octanol–water partition coefficient (Wildman–Crippen LogP) is 19.7. The summed E-state index contributed by atoms with van der Waals surface area (Å²) in [7, 11) is 0. The molecule has 81 heavy (non-hydrogen) atoms. The first kappa shape index (κ1) is 51.1. The van der Waals surface area contributed by atoms with Crippen LogP contribution in [0.15, 0.2) is 335 Å². The molecule has 0 aliphatic carbocycles. The smallest absolute Gasteiger partial charge is 0.0701 e. The maximum Gasteiger partial charge on any atom is 0.0701 e. The zero-order valence-electron chi connectivity index (χ0n) is 44.6. The third-order valence-electron chi connectivity index (χ3n) is 14.7. The topological polar surface area (TPSA) is 49.4 Å². The second-order valence-corrected chi connectivity index (χ2v) is 19.9. The maximum atomic E-state index is 4.98. The molecular formula is C77H56N4. The molecule has 0 N–H and O–H groups in total. The summed E-state index contributed by atoms with van der Waals surface area (Å²) in [5.74, 6) is 0. The molecule has 0 aliphatic heterocycles. The van der Waals surface area contributed by atoms with Crippen LogP contribution in [0.2, 0.25) is 0 Å². The summed E-state index contributed by atoms with van der Waals surface area (Å²) in [6.45, 7) is 0. The van der Waals surface area contributed by atoms with E-state index in [9.17, 15) is 0 Å². The van der Waals surface area contributed by atoms with Crippen molar-refractivity contribution < 1.29 is 0 Å². The largest absolute Gasteiger partial charge is 0.256 e. The van der Waals surface area contributed by atoms with Crippen molar-refractivity contribution in [1.29, 1.82) is 0 Å². The first-order valence-corrected chi connectivity index (χ1v) is 27.3. The molecule has 0 aliphatic rings. The van der Waals surface area contributed by atoms with E-state index in [0.29, 0.717) is 0 Å². The normalized spacial score (nSPS) is 12.3. The molecule has 0 aromatic heterocycles. The lowest BCUT2D eigenvalue weighted by Gasteiger charge is -2.37. The Morgan fingerprint density at radius 2 is 0.346 bits per heavy atom. The zero-order chi connectivity index (χ0) is 54.5. The summed E-state index contributed by atoms with van der Waals surface area (Å²) in [4.78, 5) is 19.9. The van der Waals surface area contributed by atoms with Crippen LogP contribution in [0, 0.1) is 0 Å². The molecule has 4 nitrogen and oxygen atoms in total. The lowest BCUT2D eigenvalue weighted by atomic mass is 9.65.